The van der Waals surface area contributed by atoms with Crippen molar-refractivity contribution >= 4 is 27.3 Å². The molecule has 0 spiro atoms. The maximum Gasteiger partial charge on any atom is 0.264 e. The Bertz CT molecular complexity index is 784. The largest absolute Gasteiger partial charge is 0.396 e. The lowest BCUT2D eigenvalue weighted by atomic mass is 9.96. The summed E-state index contributed by atoms with van der Waals surface area (Å²) in [6.07, 6.45) is 0. The van der Waals surface area contributed by atoms with Gasteiger partial charge in [0.2, 0.25) is 0 Å². The van der Waals surface area contributed by atoms with Gasteiger partial charge >= 0.3 is 0 Å². The fourth-order valence-corrected chi connectivity index (χ4v) is 5.33. The monoisotopic (exact) mass is 374 g/mol. The summed E-state index contributed by atoms with van der Waals surface area (Å²) >= 11 is 1.58. The molecule has 2 aliphatic rings. The van der Waals surface area contributed by atoms with Gasteiger partial charge in [0.1, 0.15) is 0 Å². The number of amides is 1. The van der Waals surface area contributed by atoms with E-state index in [0.29, 0.717) is 12.5 Å². The molecular weight excluding hydrogens is 348 g/mol. The van der Waals surface area contributed by atoms with Gasteiger partial charge in [0.25, 0.3) is 5.91 Å². The van der Waals surface area contributed by atoms with E-state index in [9.17, 15) is 9.90 Å². The van der Waals surface area contributed by atoms with Gasteiger partial charge in [0, 0.05) is 49.9 Å². The van der Waals surface area contributed by atoms with Crippen molar-refractivity contribution in [2.75, 3.05) is 52.5 Å². The molecule has 2 atom stereocenters. The fraction of sp³-hybridized carbons (Fsp3) is 0.550. The van der Waals surface area contributed by atoms with Gasteiger partial charge in [-0.15, -0.1) is 11.3 Å². The summed E-state index contributed by atoms with van der Waals surface area (Å²) in [6, 6.07) is 8.19. The third-order valence-electron chi connectivity index (χ3n) is 5.73. The average molecular weight is 375 g/mol. The topological polar surface area (TPSA) is 53.0 Å². The summed E-state index contributed by atoms with van der Waals surface area (Å²) in [7, 11) is 0. The number of morpholine rings is 1. The van der Waals surface area contributed by atoms with Crippen molar-refractivity contribution in [1.29, 1.82) is 0 Å². The first kappa shape index (κ1) is 17.9. The van der Waals surface area contributed by atoms with Crippen molar-refractivity contribution in [2.24, 2.45) is 11.8 Å². The van der Waals surface area contributed by atoms with Crippen LogP contribution in [0.1, 0.15) is 15.2 Å². The standard InChI is InChI=1S/C20H26N2O3S/c1-14-17-4-2-3-5-18(17)26-19(14)20(24)22-11-15(16(12-22)13-23)10-21-6-8-25-9-7-21/h2-5,15-16,23H,6-13H2,1H3. The van der Waals surface area contributed by atoms with E-state index < -0.39 is 0 Å². The second-order valence-corrected chi connectivity index (χ2v) is 8.43. The molecule has 2 fully saturated rings. The molecule has 2 unspecified atom stereocenters. The molecule has 6 heteroatoms. The minimum atomic E-state index is 0.117. The maximum atomic E-state index is 13.2. The molecule has 0 saturated carbocycles. The first-order valence-corrected chi connectivity index (χ1v) is 10.2. The zero-order chi connectivity index (χ0) is 18.1. The molecule has 5 nitrogen and oxygen atoms in total. The van der Waals surface area contributed by atoms with Crippen molar-refractivity contribution in [3.63, 3.8) is 0 Å². The summed E-state index contributed by atoms with van der Waals surface area (Å²) in [6.45, 7) is 7.94. The molecular formula is C20H26N2O3S. The first-order chi connectivity index (χ1) is 12.7. The van der Waals surface area contributed by atoms with Crippen molar-refractivity contribution in [3.8, 4) is 0 Å². The van der Waals surface area contributed by atoms with E-state index in [1.165, 1.54) is 5.39 Å². The highest BCUT2D eigenvalue weighted by Gasteiger charge is 2.37. The molecule has 1 amide bonds. The average Bonchev–Trinajstić information content (AvgIpc) is 3.23. The van der Waals surface area contributed by atoms with Crippen molar-refractivity contribution in [3.05, 3.63) is 34.7 Å². The van der Waals surface area contributed by atoms with Crippen LogP contribution in [0.15, 0.2) is 24.3 Å². The predicted molar refractivity (Wildman–Crippen MR) is 104 cm³/mol. The molecule has 3 heterocycles. The number of aliphatic hydroxyl groups excluding tert-OH is 1. The highest BCUT2D eigenvalue weighted by molar-refractivity contribution is 7.21. The zero-order valence-electron chi connectivity index (χ0n) is 15.2. The van der Waals surface area contributed by atoms with E-state index in [0.717, 1.165) is 54.5 Å². The quantitative estimate of drug-likeness (QED) is 0.892. The van der Waals surface area contributed by atoms with Crippen LogP contribution in [0.2, 0.25) is 0 Å². The number of aliphatic hydroxyl groups is 1. The Labute approximate surface area is 158 Å². The van der Waals surface area contributed by atoms with E-state index >= 15 is 0 Å². The first-order valence-electron chi connectivity index (χ1n) is 9.35. The third-order valence-corrected chi connectivity index (χ3v) is 6.99. The maximum absolute atomic E-state index is 13.2. The molecule has 1 aromatic heterocycles. The van der Waals surface area contributed by atoms with Gasteiger partial charge < -0.3 is 14.7 Å². The van der Waals surface area contributed by atoms with Crippen LogP contribution in [0.4, 0.5) is 0 Å². The fourth-order valence-electron chi connectivity index (χ4n) is 4.16. The summed E-state index contributed by atoms with van der Waals surface area (Å²) in [5, 5.41) is 11.0. The van der Waals surface area contributed by atoms with Gasteiger partial charge in [-0.2, -0.15) is 0 Å². The second kappa shape index (κ2) is 7.64. The number of rotatable bonds is 4. The lowest BCUT2D eigenvalue weighted by Crippen LogP contribution is -2.41. The zero-order valence-corrected chi connectivity index (χ0v) is 16.0. The number of benzene rings is 1. The summed E-state index contributed by atoms with van der Waals surface area (Å²) < 4.78 is 6.59. The second-order valence-electron chi connectivity index (χ2n) is 7.38. The van der Waals surface area contributed by atoms with Crippen molar-refractivity contribution in [1.82, 2.24) is 9.80 Å². The number of fused-ring (bicyclic) bond motifs is 1. The highest BCUT2D eigenvalue weighted by Crippen LogP contribution is 2.33. The normalized spacial score (nSPS) is 24.5. The van der Waals surface area contributed by atoms with Crippen LogP contribution in [0.5, 0.6) is 0 Å². The number of nitrogens with zero attached hydrogens (tertiary/aromatic N) is 2. The lowest BCUT2D eigenvalue weighted by Gasteiger charge is -2.30. The third kappa shape index (κ3) is 3.39. The Kier molecular flexibility index (Phi) is 5.27. The van der Waals surface area contributed by atoms with Crippen LogP contribution in [-0.2, 0) is 4.74 Å². The van der Waals surface area contributed by atoms with E-state index in [2.05, 4.69) is 17.0 Å². The van der Waals surface area contributed by atoms with E-state index in [1.54, 1.807) is 11.3 Å². The Morgan fingerprint density at radius 1 is 1.23 bits per heavy atom. The van der Waals surface area contributed by atoms with Crippen LogP contribution in [0.3, 0.4) is 0 Å². The van der Waals surface area contributed by atoms with Gasteiger partial charge in [-0.05, 0) is 29.9 Å². The SMILES string of the molecule is Cc1c(C(=O)N2CC(CO)C(CN3CCOCC3)C2)sc2ccccc12. The van der Waals surface area contributed by atoms with Crippen LogP contribution >= 0.6 is 11.3 Å². The molecule has 2 aliphatic heterocycles. The van der Waals surface area contributed by atoms with Gasteiger partial charge in [0.15, 0.2) is 0 Å². The summed E-state index contributed by atoms with van der Waals surface area (Å²) in [4.78, 5) is 18.3. The highest BCUT2D eigenvalue weighted by atomic mass is 32.1. The minimum Gasteiger partial charge on any atom is -0.396 e. The number of ether oxygens (including phenoxy) is 1. The Morgan fingerprint density at radius 3 is 2.69 bits per heavy atom. The van der Waals surface area contributed by atoms with Gasteiger partial charge in [0.05, 0.1) is 18.1 Å². The number of hydrogen-bond donors (Lipinski definition) is 1. The molecule has 4 rings (SSSR count). The molecule has 0 radical (unpaired) electrons. The number of hydrogen-bond acceptors (Lipinski definition) is 5. The minimum absolute atomic E-state index is 0.117. The number of carbonyl (C=O) groups is 1. The molecule has 2 saturated heterocycles. The van der Waals surface area contributed by atoms with Crippen LogP contribution in [0.25, 0.3) is 10.1 Å². The Balaban J connectivity index is 1.50. The molecule has 0 aliphatic carbocycles. The number of aryl methyl sites for hydroxylation is 1. The number of likely N-dealkylation sites (tertiary alicyclic amines) is 1. The van der Waals surface area contributed by atoms with Crippen molar-refractivity contribution < 1.29 is 14.6 Å². The Morgan fingerprint density at radius 2 is 1.96 bits per heavy atom. The predicted octanol–water partition coefficient (Wildman–Crippen LogP) is 2.22. The van der Waals surface area contributed by atoms with Crippen LogP contribution < -0.4 is 0 Å². The van der Waals surface area contributed by atoms with Gasteiger partial charge in [-0.25, -0.2) is 0 Å². The summed E-state index contributed by atoms with van der Waals surface area (Å²) in [5.41, 5.74) is 1.08. The van der Waals surface area contributed by atoms with Gasteiger partial charge in [-0.3, -0.25) is 9.69 Å². The molecule has 140 valence electrons. The summed E-state index contributed by atoms with van der Waals surface area (Å²) in [5.74, 6) is 0.611. The molecule has 26 heavy (non-hydrogen) atoms. The number of carbonyl (C=O) groups excluding carboxylic acids is 1. The number of thiophene rings is 1. The molecule has 0 bridgehead atoms. The van der Waals surface area contributed by atoms with E-state index in [4.69, 9.17) is 4.74 Å². The van der Waals surface area contributed by atoms with Crippen LogP contribution in [0, 0.1) is 18.8 Å². The smallest absolute Gasteiger partial charge is 0.264 e. The molecule has 1 N–H and O–H groups in total. The lowest BCUT2D eigenvalue weighted by molar-refractivity contribution is 0.0264. The van der Waals surface area contributed by atoms with Crippen LogP contribution in [-0.4, -0.2) is 73.4 Å². The molecule has 1 aromatic carbocycles. The van der Waals surface area contributed by atoms with E-state index in [-0.39, 0.29) is 18.4 Å². The van der Waals surface area contributed by atoms with Gasteiger partial charge in [-0.1, -0.05) is 18.2 Å². The Hall–Kier alpha value is -1.47. The van der Waals surface area contributed by atoms with Crippen molar-refractivity contribution in [2.45, 2.75) is 6.92 Å². The van der Waals surface area contributed by atoms with E-state index in [1.807, 2.05) is 24.0 Å². The molecule has 2 aromatic rings.